The van der Waals surface area contributed by atoms with Gasteiger partial charge in [-0.2, -0.15) is 13.2 Å². The van der Waals surface area contributed by atoms with Gasteiger partial charge in [-0.15, -0.1) is 0 Å². The maximum atomic E-state index is 12.7. The van der Waals surface area contributed by atoms with Crippen LogP contribution in [0.2, 0.25) is 0 Å². The van der Waals surface area contributed by atoms with E-state index in [-0.39, 0.29) is 23.0 Å². The highest BCUT2D eigenvalue weighted by molar-refractivity contribution is 6.00. The van der Waals surface area contributed by atoms with E-state index in [1.165, 1.54) is 13.2 Å². The summed E-state index contributed by atoms with van der Waals surface area (Å²) < 4.78 is 42.9. The molecule has 0 bridgehead atoms. The zero-order valence-electron chi connectivity index (χ0n) is 11.3. The Balaban J connectivity index is 2.29. The van der Waals surface area contributed by atoms with Crippen LogP contribution in [0.4, 0.5) is 13.2 Å². The van der Waals surface area contributed by atoms with Crippen LogP contribution in [0.5, 0.6) is 5.75 Å². The van der Waals surface area contributed by atoms with E-state index in [4.69, 9.17) is 4.74 Å². The van der Waals surface area contributed by atoms with Gasteiger partial charge in [0.1, 0.15) is 5.75 Å². The summed E-state index contributed by atoms with van der Waals surface area (Å²) in [5.41, 5.74) is -0.540. The number of Topliss-reactive ketones (excluding diaryl/α,β-unsaturated/α-hetero) is 1. The standard InChI is InChI=1S/C15H17F3O2/c1-20-13-9-11(15(16,17)18)7-8-12(13)14(19)10-5-3-2-4-6-10/h7-10H,2-6H2,1H3. The lowest BCUT2D eigenvalue weighted by Crippen LogP contribution is -2.19. The Hall–Kier alpha value is -1.52. The summed E-state index contributed by atoms with van der Waals surface area (Å²) in [5.74, 6) is -0.181. The first-order valence-corrected chi connectivity index (χ1v) is 6.73. The second kappa shape index (κ2) is 5.85. The minimum absolute atomic E-state index is 0.00963. The van der Waals surface area contributed by atoms with Crippen LogP contribution in [0.3, 0.4) is 0 Å². The van der Waals surface area contributed by atoms with E-state index in [1.807, 2.05) is 0 Å². The first-order valence-electron chi connectivity index (χ1n) is 6.73. The number of hydrogen-bond acceptors (Lipinski definition) is 2. The number of alkyl halides is 3. The Bertz CT molecular complexity index is 488. The second-order valence-electron chi connectivity index (χ2n) is 5.11. The molecule has 0 atom stereocenters. The molecule has 0 saturated heterocycles. The molecule has 1 aromatic carbocycles. The van der Waals surface area contributed by atoms with Crippen molar-refractivity contribution < 1.29 is 22.7 Å². The highest BCUT2D eigenvalue weighted by atomic mass is 19.4. The number of hydrogen-bond donors (Lipinski definition) is 0. The van der Waals surface area contributed by atoms with Gasteiger partial charge in [0.25, 0.3) is 0 Å². The van der Waals surface area contributed by atoms with Gasteiger partial charge in [0.2, 0.25) is 0 Å². The summed E-state index contributed by atoms with van der Waals surface area (Å²) in [6.07, 6.45) is 0.304. The van der Waals surface area contributed by atoms with Crippen molar-refractivity contribution in [3.8, 4) is 5.75 Å². The highest BCUT2D eigenvalue weighted by Crippen LogP contribution is 2.35. The van der Waals surface area contributed by atoms with E-state index in [9.17, 15) is 18.0 Å². The summed E-state index contributed by atoms with van der Waals surface area (Å²) in [6, 6.07) is 3.08. The molecule has 0 amide bonds. The van der Waals surface area contributed by atoms with Gasteiger partial charge in [-0.25, -0.2) is 0 Å². The van der Waals surface area contributed by atoms with Crippen LogP contribution in [0.15, 0.2) is 18.2 Å². The minimum Gasteiger partial charge on any atom is -0.496 e. The molecule has 110 valence electrons. The van der Waals surface area contributed by atoms with Gasteiger partial charge < -0.3 is 4.74 Å². The molecule has 0 radical (unpaired) electrons. The van der Waals surface area contributed by atoms with Crippen LogP contribution in [0.1, 0.15) is 48.0 Å². The van der Waals surface area contributed by atoms with Crippen molar-refractivity contribution in [2.45, 2.75) is 38.3 Å². The van der Waals surface area contributed by atoms with Crippen molar-refractivity contribution in [3.05, 3.63) is 29.3 Å². The van der Waals surface area contributed by atoms with Gasteiger partial charge >= 0.3 is 6.18 Å². The number of halogens is 3. The van der Waals surface area contributed by atoms with Gasteiger partial charge in [0, 0.05) is 5.92 Å². The van der Waals surface area contributed by atoms with Crippen molar-refractivity contribution in [3.63, 3.8) is 0 Å². The quantitative estimate of drug-likeness (QED) is 0.766. The number of benzene rings is 1. The van der Waals surface area contributed by atoms with E-state index in [0.717, 1.165) is 44.2 Å². The number of carbonyl (C=O) groups is 1. The SMILES string of the molecule is COc1cc(C(F)(F)F)ccc1C(=O)C1CCCCC1. The molecule has 20 heavy (non-hydrogen) atoms. The summed E-state index contributed by atoms with van der Waals surface area (Å²) in [4.78, 5) is 12.4. The van der Waals surface area contributed by atoms with Crippen LogP contribution >= 0.6 is 0 Å². The van der Waals surface area contributed by atoms with Crippen molar-refractivity contribution in [2.24, 2.45) is 5.92 Å². The van der Waals surface area contributed by atoms with Crippen LogP contribution in [0, 0.1) is 5.92 Å². The lowest BCUT2D eigenvalue weighted by Gasteiger charge is -2.21. The van der Waals surface area contributed by atoms with E-state index in [0.29, 0.717) is 0 Å². The monoisotopic (exact) mass is 286 g/mol. The molecule has 0 aliphatic heterocycles. The highest BCUT2D eigenvalue weighted by Gasteiger charge is 2.32. The maximum absolute atomic E-state index is 12.7. The predicted molar refractivity (Wildman–Crippen MR) is 68.9 cm³/mol. The fourth-order valence-electron chi connectivity index (χ4n) is 2.66. The van der Waals surface area contributed by atoms with E-state index in [1.54, 1.807) is 0 Å². The topological polar surface area (TPSA) is 26.3 Å². The third kappa shape index (κ3) is 3.14. The van der Waals surface area contributed by atoms with Crippen LogP contribution in [-0.2, 0) is 6.18 Å². The van der Waals surface area contributed by atoms with Crippen molar-refractivity contribution >= 4 is 5.78 Å². The Kier molecular flexibility index (Phi) is 4.35. The van der Waals surface area contributed by atoms with Crippen molar-refractivity contribution in [2.75, 3.05) is 7.11 Å². The van der Waals surface area contributed by atoms with Crippen molar-refractivity contribution in [1.82, 2.24) is 0 Å². The molecule has 0 heterocycles. The Morgan fingerprint density at radius 3 is 2.40 bits per heavy atom. The number of rotatable bonds is 3. The Morgan fingerprint density at radius 1 is 1.20 bits per heavy atom. The molecular weight excluding hydrogens is 269 g/mol. The Morgan fingerprint density at radius 2 is 1.85 bits per heavy atom. The zero-order valence-corrected chi connectivity index (χ0v) is 11.3. The second-order valence-corrected chi connectivity index (χ2v) is 5.11. The van der Waals surface area contributed by atoms with E-state index >= 15 is 0 Å². The zero-order chi connectivity index (χ0) is 14.8. The lowest BCUT2D eigenvalue weighted by molar-refractivity contribution is -0.137. The molecule has 1 aliphatic rings. The van der Waals surface area contributed by atoms with Gasteiger partial charge in [-0.3, -0.25) is 4.79 Å². The fraction of sp³-hybridized carbons (Fsp3) is 0.533. The van der Waals surface area contributed by atoms with Crippen LogP contribution < -0.4 is 4.74 Å². The molecule has 0 N–H and O–H groups in total. The number of carbonyl (C=O) groups excluding carboxylic acids is 1. The Labute approximate surface area is 115 Å². The molecule has 0 unspecified atom stereocenters. The predicted octanol–water partition coefficient (Wildman–Crippen LogP) is 4.48. The largest absolute Gasteiger partial charge is 0.496 e. The van der Waals surface area contributed by atoms with Gasteiger partial charge in [0.15, 0.2) is 5.78 Å². The van der Waals surface area contributed by atoms with Gasteiger partial charge in [-0.05, 0) is 31.0 Å². The molecule has 2 rings (SSSR count). The average molecular weight is 286 g/mol. The number of methoxy groups -OCH3 is 1. The smallest absolute Gasteiger partial charge is 0.416 e. The fourth-order valence-corrected chi connectivity index (χ4v) is 2.66. The van der Waals surface area contributed by atoms with E-state index < -0.39 is 11.7 Å². The summed E-state index contributed by atoms with van der Waals surface area (Å²) in [5, 5.41) is 0. The number of ether oxygens (including phenoxy) is 1. The van der Waals surface area contributed by atoms with Crippen LogP contribution in [-0.4, -0.2) is 12.9 Å². The molecule has 2 nitrogen and oxygen atoms in total. The van der Waals surface area contributed by atoms with Gasteiger partial charge in [-0.1, -0.05) is 19.3 Å². The average Bonchev–Trinajstić information content (AvgIpc) is 2.45. The molecule has 1 fully saturated rings. The number of ketones is 1. The van der Waals surface area contributed by atoms with E-state index in [2.05, 4.69) is 0 Å². The third-order valence-electron chi connectivity index (χ3n) is 3.77. The first-order chi connectivity index (χ1) is 9.43. The molecule has 5 heteroatoms. The lowest BCUT2D eigenvalue weighted by atomic mass is 9.83. The summed E-state index contributed by atoms with van der Waals surface area (Å²) in [6.45, 7) is 0. The minimum atomic E-state index is -4.43. The molecule has 1 aliphatic carbocycles. The first kappa shape index (κ1) is 14.9. The molecule has 1 saturated carbocycles. The summed E-state index contributed by atoms with van der Waals surface area (Å²) in [7, 11) is 1.28. The van der Waals surface area contributed by atoms with Crippen molar-refractivity contribution in [1.29, 1.82) is 0 Å². The maximum Gasteiger partial charge on any atom is 0.416 e. The van der Waals surface area contributed by atoms with Gasteiger partial charge in [0.05, 0.1) is 18.2 Å². The molecular formula is C15H17F3O2. The summed E-state index contributed by atoms with van der Waals surface area (Å²) >= 11 is 0. The molecule has 0 spiro atoms. The molecule has 1 aromatic rings. The normalized spacial score (nSPS) is 17.0. The molecule has 0 aromatic heterocycles. The van der Waals surface area contributed by atoms with Crippen LogP contribution in [0.25, 0.3) is 0 Å². The third-order valence-corrected chi connectivity index (χ3v) is 3.77.